The first-order chi connectivity index (χ1) is 11.6. The lowest BCUT2D eigenvalue weighted by Crippen LogP contribution is -2.54. The van der Waals surface area contributed by atoms with Gasteiger partial charge in [-0.2, -0.15) is 0 Å². The first kappa shape index (κ1) is 17.7. The second kappa shape index (κ2) is 8.32. The topological polar surface area (TPSA) is 61.4 Å². The van der Waals surface area contributed by atoms with Crippen LogP contribution in [0.3, 0.4) is 0 Å². The lowest BCUT2D eigenvalue weighted by atomic mass is 9.84. The zero-order valence-corrected chi connectivity index (χ0v) is 15.1. The van der Waals surface area contributed by atoms with Gasteiger partial charge in [0.05, 0.1) is 0 Å². The van der Waals surface area contributed by atoms with E-state index < -0.39 is 0 Å². The van der Waals surface area contributed by atoms with E-state index >= 15 is 0 Å². The van der Waals surface area contributed by atoms with Gasteiger partial charge in [0.15, 0.2) is 0 Å². The van der Waals surface area contributed by atoms with Crippen molar-refractivity contribution in [1.82, 2.24) is 15.5 Å². The maximum absolute atomic E-state index is 12.7. The molecule has 2 N–H and O–H groups in total. The van der Waals surface area contributed by atoms with Crippen LogP contribution >= 0.6 is 0 Å². The lowest BCUT2D eigenvalue weighted by molar-refractivity contribution is -0.139. The Morgan fingerprint density at radius 3 is 2.46 bits per heavy atom. The molecule has 2 aliphatic carbocycles. The Kier molecular flexibility index (Phi) is 6.14. The van der Waals surface area contributed by atoms with Crippen molar-refractivity contribution in [3.63, 3.8) is 0 Å². The number of hydrogen-bond donors (Lipinski definition) is 2. The summed E-state index contributed by atoms with van der Waals surface area (Å²) in [6.07, 6.45) is 9.46. The second-order valence-electron chi connectivity index (χ2n) is 8.06. The van der Waals surface area contributed by atoms with Gasteiger partial charge in [-0.05, 0) is 51.4 Å². The van der Waals surface area contributed by atoms with Gasteiger partial charge in [0.2, 0.25) is 11.8 Å². The van der Waals surface area contributed by atoms with Crippen LogP contribution in [0.1, 0.15) is 64.7 Å². The molecule has 5 heteroatoms. The van der Waals surface area contributed by atoms with Gasteiger partial charge < -0.3 is 15.5 Å². The summed E-state index contributed by atoms with van der Waals surface area (Å²) >= 11 is 0. The fourth-order valence-electron chi connectivity index (χ4n) is 4.65. The SMILES string of the molecule is C[C@H]1CNCCN1C(=O)C1CCC(NC(=O)CC2CCCC2)CC1. The van der Waals surface area contributed by atoms with Crippen LogP contribution in [-0.4, -0.2) is 48.4 Å². The fraction of sp³-hybridized carbons (Fsp3) is 0.895. The number of piperazine rings is 1. The van der Waals surface area contributed by atoms with E-state index in [-0.39, 0.29) is 17.9 Å². The third-order valence-corrected chi connectivity index (χ3v) is 6.17. The van der Waals surface area contributed by atoms with Crippen LogP contribution in [0.4, 0.5) is 0 Å². The van der Waals surface area contributed by atoms with E-state index in [0.29, 0.717) is 24.3 Å². The van der Waals surface area contributed by atoms with Crippen molar-refractivity contribution in [3.05, 3.63) is 0 Å². The molecule has 1 aliphatic heterocycles. The van der Waals surface area contributed by atoms with Crippen LogP contribution in [0.2, 0.25) is 0 Å². The van der Waals surface area contributed by atoms with Crippen LogP contribution in [-0.2, 0) is 9.59 Å². The van der Waals surface area contributed by atoms with Gasteiger partial charge in [-0.15, -0.1) is 0 Å². The molecule has 3 fully saturated rings. The first-order valence-electron chi connectivity index (χ1n) is 9.94. The van der Waals surface area contributed by atoms with E-state index in [2.05, 4.69) is 22.5 Å². The Hall–Kier alpha value is -1.10. The standard InChI is InChI=1S/C19H33N3O2/c1-14-13-20-10-11-22(14)19(24)16-6-8-17(9-7-16)21-18(23)12-15-4-2-3-5-15/h14-17,20H,2-13H2,1H3,(H,21,23)/t14-,16?,17?/m0/s1. The maximum Gasteiger partial charge on any atom is 0.226 e. The van der Waals surface area contributed by atoms with Crippen molar-refractivity contribution in [2.75, 3.05) is 19.6 Å². The maximum atomic E-state index is 12.7. The molecule has 0 bridgehead atoms. The molecule has 24 heavy (non-hydrogen) atoms. The molecule has 0 aromatic heterocycles. The van der Waals surface area contributed by atoms with Crippen molar-refractivity contribution in [2.24, 2.45) is 11.8 Å². The molecule has 136 valence electrons. The minimum absolute atomic E-state index is 0.161. The van der Waals surface area contributed by atoms with E-state index in [1.807, 2.05) is 0 Å². The van der Waals surface area contributed by atoms with Crippen LogP contribution in [0.25, 0.3) is 0 Å². The molecule has 2 saturated carbocycles. The number of hydrogen-bond acceptors (Lipinski definition) is 3. The highest BCUT2D eigenvalue weighted by atomic mass is 16.2. The number of carbonyl (C=O) groups excluding carboxylic acids is 2. The smallest absolute Gasteiger partial charge is 0.226 e. The van der Waals surface area contributed by atoms with Gasteiger partial charge in [0, 0.05) is 44.1 Å². The zero-order valence-electron chi connectivity index (χ0n) is 15.1. The highest BCUT2D eigenvalue weighted by molar-refractivity contribution is 5.79. The Labute approximate surface area is 145 Å². The fourth-order valence-corrected chi connectivity index (χ4v) is 4.65. The van der Waals surface area contributed by atoms with Gasteiger partial charge in [-0.1, -0.05) is 12.8 Å². The van der Waals surface area contributed by atoms with Gasteiger partial charge in [0.1, 0.15) is 0 Å². The molecule has 2 amide bonds. The summed E-state index contributed by atoms with van der Waals surface area (Å²) in [5.74, 6) is 1.33. The van der Waals surface area contributed by atoms with Gasteiger partial charge >= 0.3 is 0 Å². The normalized spacial score (nSPS) is 31.9. The quantitative estimate of drug-likeness (QED) is 0.827. The first-order valence-corrected chi connectivity index (χ1v) is 9.94. The molecule has 0 aromatic rings. The van der Waals surface area contributed by atoms with Crippen molar-refractivity contribution in [1.29, 1.82) is 0 Å². The molecule has 1 atom stereocenters. The Morgan fingerprint density at radius 2 is 1.79 bits per heavy atom. The highest BCUT2D eigenvalue weighted by Crippen LogP contribution is 2.29. The van der Waals surface area contributed by atoms with Crippen LogP contribution in [0, 0.1) is 11.8 Å². The molecule has 0 unspecified atom stereocenters. The molecule has 0 radical (unpaired) electrons. The highest BCUT2D eigenvalue weighted by Gasteiger charge is 2.32. The Balaban J connectivity index is 1.40. The molecule has 3 aliphatic rings. The predicted molar refractivity (Wildman–Crippen MR) is 94.5 cm³/mol. The molecule has 1 saturated heterocycles. The minimum Gasteiger partial charge on any atom is -0.353 e. The van der Waals surface area contributed by atoms with Crippen molar-refractivity contribution < 1.29 is 9.59 Å². The number of rotatable bonds is 4. The van der Waals surface area contributed by atoms with Crippen molar-refractivity contribution in [3.8, 4) is 0 Å². The summed E-state index contributed by atoms with van der Waals surface area (Å²) in [6.45, 7) is 4.76. The lowest BCUT2D eigenvalue weighted by Gasteiger charge is -2.38. The molecule has 0 spiro atoms. The molecule has 3 rings (SSSR count). The summed E-state index contributed by atoms with van der Waals surface area (Å²) < 4.78 is 0. The van der Waals surface area contributed by atoms with E-state index in [9.17, 15) is 9.59 Å². The molecule has 5 nitrogen and oxygen atoms in total. The van der Waals surface area contributed by atoms with E-state index in [0.717, 1.165) is 45.3 Å². The van der Waals surface area contributed by atoms with E-state index in [1.165, 1.54) is 25.7 Å². The average Bonchev–Trinajstić information content (AvgIpc) is 3.08. The summed E-state index contributed by atoms with van der Waals surface area (Å²) in [7, 11) is 0. The van der Waals surface area contributed by atoms with Crippen LogP contribution in [0.15, 0.2) is 0 Å². The largest absolute Gasteiger partial charge is 0.353 e. The van der Waals surface area contributed by atoms with E-state index in [1.54, 1.807) is 0 Å². The molecule has 0 aromatic carbocycles. The zero-order chi connectivity index (χ0) is 16.9. The predicted octanol–water partition coefficient (Wildman–Crippen LogP) is 2.06. The number of amides is 2. The number of nitrogens with zero attached hydrogens (tertiary/aromatic N) is 1. The van der Waals surface area contributed by atoms with Gasteiger partial charge in [0.25, 0.3) is 0 Å². The average molecular weight is 335 g/mol. The minimum atomic E-state index is 0.161. The monoisotopic (exact) mass is 335 g/mol. The van der Waals surface area contributed by atoms with Crippen LogP contribution in [0.5, 0.6) is 0 Å². The summed E-state index contributed by atoms with van der Waals surface area (Å²) in [6, 6.07) is 0.582. The molecule has 1 heterocycles. The second-order valence-corrected chi connectivity index (χ2v) is 8.06. The van der Waals surface area contributed by atoms with Crippen molar-refractivity contribution in [2.45, 2.75) is 76.8 Å². The Bertz CT molecular complexity index is 440. The van der Waals surface area contributed by atoms with Crippen molar-refractivity contribution >= 4 is 11.8 Å². The third kappa shape index (κ3) is 4.50. The summed E-state index contributed by atoms with van der Waals surface area (Å²) in [4.78, 5) is 27.0. The number of carbonyl (C=O) groups is 2. The Morgan fingerprint density at radius 1 is 1.08 bits per heavy atom. The van der Waals surface area contributed by atoms with E-state index in [4.69, 9.17) is 0 Å². The van der Waals surface area contributed by atoms with Gasteiger partial charge in [-0.25, -0.2) is 0 Å². The molecular formula is C19H33N3O2. The van der Waals surface area contributed by atoms with Gasteiger partial charge in [-0.3, -0.25) is 9.59 Å². The third-order valence-electron chi connectivity index (χ3n) is 6.17. The summed E-state index contributed by atoms with van der Waals surface area (Å²) in [5, 5.41) is 6.56. The summed E-state index contributed by atoms with van der Waals surface area (Å²) in [5.41, 5.74) is 0. The molecular weight excluding hydrogens is 302 g/mol. The number of nitrogens with one attached hydrogen (secondary N) is 2. The van der Waals surface area contributed by atoms with Crippen LogP contribution < -0.4 is 10.6 Å².